The Morgan fingerprint density at radius 3 is 2.61 bits per heavy atom. The van der Waals surface area contributed by atoms with Crippen LogP contribution in [0.25, 0.3) is 0 Å². The van der Waals surface area contributed by atoms with Crippen molar-refractivity contribution in [1.29, 1.82) is 5.26 Å². The van der Waals surface area contributed by atoms with Crippen LogP contribution in [-0.4, -0.2) is 82.8 Å². The molecule has 10 nitrogen and oxygen atoms in total. The van der Waals surface area contributed by atoms with Crippen molar-refractivity contribution in [3.05, 3.63) is 29.2 Å². The number of carbonyl (C=O) groups excluding carboxylic acids is 1. The van der Waals surface area contributed by atoms with Crippen molar-refractivity contribution in [3.63, 3.8) is 0 Å². The number of hydrogen-bond donors (Lipinski definition) is 1. The predicted octanol–water partition coefficient (Wildman–Crippen LogP) is 3.13. The zero-order chi connectivity index (χ0) is 26.7. The number of nitrogens with zero attached hydrogens (tertiary/aromatic N) is 7. The van der Waals surface area contributed by atoms with Crippen LogP contribution in [0.3, 0.4) is 0 Å². The molecular formula is C26H32ClN7O3S. The Kier molecular flexibility index (Phi) is 8.23. The molecule has 5 rings (SSSR count). The second kappa shape index (κ2) is 11.6. The predicted molar refractivity (Wildman–Crippen MR) is 144 cm³/mol. The van der Waals surface area contributed by atoms with Gasteiger partial charge in [0.05, 0.1) is 36.6 Å². The Balaban J connectivity index is 1.25. The van der Waals surface area contributed by atoms with E-state index in [1.54, 1.807) is 17.3 Å². The van der Waals surface area contributed by atoms with Crippen molar-refractivity contribution in [2.75, 3.05) is 55.7 Å². The number of hydrogen-bond acceptors (Lipinski definition) is 10. The molecule has 12 heteroatoms. The number of piperidine rings is 1. The molecule has 3 aliphatic heterocycles. The van der Waals surface area contributed by atoms with Crippen molar-refractivity contribution < 1.29 is 14.6 Å². The Labute approximate surface area is 232 Å². The average molecular weight is 558 g/mol. The van der Waals surface area contributed by atoms with Gasteiger partial charge in [0.15, 0.2) is 5.82 Å². The largest absolute Gasteiger partial charge is 0.390 e. The number of ether oxygens (including phenoxy) is 1. The van der Waals surface area contributed by atoms with Crippen LogP contribution in [0.4, 0.5) is 11.6 Å². The van der Waals surface area contributed by atoms with Crippen LogP contribution in [0.2, 0.25) is 5.02 Å². The quantitative estimate of drug-likeness (QED) is 0.567. The van der Waals surface area contributed by atoms with Crippen LogP contribution in [0.5, 0.6) is 0 Å². The molecule has 0 aromatic carbocycles. The lowest BCUT2D eigenvalue weighted by atomic mass is 9.77. The van der Waals surface area contributed by atoms with Crippen LogP contribution < -0.4 is 9.80 Å². The highest BCUT2D eigenvalue weighted by atomic mass is 35.5. The standard InChI is InChI=1S/C26H32ClN7O3S/c1-18-14-26(17-37-18)4-8-33(9-5-26)24-19(16-35)31-21(15-30-24)38-20-3-7-29-25(23(20)27)34-12-10-32(11-13-34)22(36)2-6-28/h3,7,15,18,35H,2,4-5,8-14,16-17H2,1H3/t18-/m0/s1. The summed E-state index contributed by atoms with van der Waals surface area (Å²) in [6.07, 6.45) is 6.89. The lowest BCUT2D eigenvalue weighted by molar-refractivity contribution is -0.130. The summed E-state index contributed by atoms with van der Waals surface area (Å²) >= 11 is 8.16. The third-order valence-electron chi connectivity index (χ3n) is 7.68. The summed E-state index contributed by atoms with van der Waals surface area (Å²) in [5.41, 5.74) is 0.832. The van der Waals surface area contributed by atoms with Gasteiger partial charge in [0.2, 0.25) is 5.91 Å². The van der Waals surface area contributed by atoms with Crippen molar-refractivity contribution >= 4 is 40.9 Å². The molecule has 3 saturated heterocycles. The SMILES string of the molecule is C[C@H]1CC2(CCN(c3ncc(Sc4ccnc(N5CCN(C(=O)CC#N)CC5)c4Cl)nc3CO)CC2)CO1. The zero-order valence-electron chi connectivity index (χ0n) is 21.5. The summed E-state index contributed by atoms with van der Waals surface area (Å²) in [6.45, 7) is 6.75. The molecule has 1 spiro atoms. The number of anilines is 2. The third kappa shape index (κ3) is 5.69. The molecule has 2 aromatic heterocycles. The fourth-order valence-electron chi connectivity index (χ4n) is 5.58. The lowest BCUT2D eigenvalue weighted by Gasteiger charge is -2.39. The van der Waals surface area contributed by atoms with E-state index < -0.39 is 0 Å². The van der Waals surface area contributed by atoms with Crippen LogP contribution in [0.1, 0.15) is 38.3 Å². The molecule has 0 unspecified atom stereocenters. The fourth-order valence-corrected chi connectivity index (χ4v) is 6.73. The van der Waals surface area contributed by atoms with Crippen LogP contribution in [0.15, 0.2) is 28.4 Å². The van der Waals surface area contributed by atoms with Crippen LogP contribution in [0, 0.1) is 16.7 Å². The molecule has 1 N–H and O–H groups in total. The molecule has 0 saturated carbocycles. The topological polar surface area (TPSA) is 119 Å². The average Bonchev–Trinajstić information content (AvgIpc) is 3.30. The number of amides is 1. The maximum atomic E-state index is 12.0. The van der Waals surface area contributed by atoms with E-state index in [-0.39, 0.29) is 24.3 Å². The summed E-state index contributed by atoms with van der Waals surface area (Å²) in [4.78, 5) is 32.7. The molecule has 0 bridgehead atoms. The van der Waals surface area contributed by atoms with E-state index in [2.05, 4.69) is 21.7 Å². The molecule has 0 radical (unpaired) electrons. The minimum Gasteiger partial charge on any atom is -0.390 e. The number of carbonyl (C=O) groups is 1. The molecule has 1 amide bonds. The molecule has 38 heavy (non-hydrogen) atoms. The molecule has 3 aliphatic rings. The Bertz CT molecular complexity index is 1210. The second-order valence-corrected chi connectivity index (χ2v) is 11.6. The summed E-state index contributed by atoms with van der Waals surface area (Å²) in [5, 5.41) is 20.0. The first kappa shape index (κ1) is 26.9. The van der Waals surface area contributed by atoms with Gasteiger partial charge in [0.1, 0.15) is 23.0 Å². The smallest absolute Gasteiger partial charge is 0.236 e. The third-order valence-corrected chi connectivity index (χ3v) is 9.13. The summed E-state index contributed by atoms with van der Waals surface area (Å²) < 4.78 is 5.85. The zero-order valence-corrected chi connectivity index (χ0v) is 23.0. The number of aliphatic hydroxyl groups excluding tert-OH is 1. The first-order chi connectivity index (χ1) is 18.4. The van der Waals surface area contributed by atoms with Gasteiger partial charge in [0, 0.05) is 50.4 Å². The number of nitriles is 1. The van der Waals surface area contributed by atoms with Gasteiger partial charge in [-0.15, -0.1) is 0 Å². The van der Waals surface area contributed by atoms with Gasteiger partial charge >= 0.3 is 0 Å². The van der Waals surface area contributed by atoms with Gasteiger partial charge < -0.3 is 24.5 Å². The van der Waals surface area contributed by atoms with E-state index >= 15 is 0 Å². The molecule has 0 aliphatic carbocycles. The summed E-state index contributed by atoms with van der Waals surface area (Å²) in [6, 6.07) is 3.75. The number of rotatable bonds is 6. The molecular weight excluding hydrogens is 526 g/mol. The number of aliphatic hydroxyl groups is 1. The minimum absolute atomic E-state index is 0.104. The van der Waals surface area contributed by atoms with Crippen molar-refractivity contribution in [2.24, 2.45) is 5.41 Å². The molecule has 2 aromatic rings. The Morgan fingerprint density at radius 1 is 1.21 bits per heavy atom. The van der Waals surface area contributed by atoms with E-state index in [0.717, 1.165) is 49.7 Å². The maximum Gasteiger partial charge on any atom is 0.236 e. The number of pyridine rings is 1. The van der Waals surface area contributed by atoms with Crippen molar-refractivity contribution in [2.45, 2.75) is 55.2 Å². The van der Waals surface area contributed by atoms with Gasteiger partial charge in [0.25, 0.3) is 0 Å². The first-order valence-corrected chi connectivity index (χ1v) is 14.2. The number of piperazine rings is 1. The highest BCUT2D eigenvalue weighted by molar-refractivity contribution is 7.99. The van der Waals surface area contributed by atoms with Crippen molar-refractivity contribution in [1.82, 2.24) is 19.9 Å². The fraction of sp³-hybridized carbons (Fsp3) is 0.577. The van der Waals surface area contributed by atoms with Gasteiger partial charge in [-0.25, -0.2) is 15.0 Å². The molecule has 202 valence electrons. The normalized spacial score (nSPS) is 21.1. The summed E-state index contributed by atoms with van der Waals surface area (Å²) in [5.74, 6) is 1.25. The van der Waals surface area contributed by atoms with Gasteiger partial charge in [-0.05, 0) is 37.7 Å². The molecule has 5 heterocycles. The molecule has 1 atom stereocenters. The number of halogens is 1. The highest BCUT2D eigenvalue weighted by Gasteiger charge is 2.41. The molecule has 3 fully saturated rings. The van der Waals surface area contributed by atoms with Gasteiger partial charge in [-0.2, -0.15) is 5.26 Å². The summed E-state index contributed by atoms with van der Waals surface area (Å²) in [7, 11) is 0. The minimum atomic E-state index is -0.192. The van der Waals surface area contributed by atoms with Crippen LogP contribution in [-0.2, 0) is 16.1 Å². The van der Waals surface area contributed by atoms with E-state index in [9.17, 15) is 9.90 Å². The Morgan fingerprint density at radius 2 is 1.95 bits per heavy atom. The van der Waals surface area contributed by atoms with Gasteiger partial charge in [-0.3, -0.25) is 4.79 Å². The number of aromatic nitrogens is 3. The Hall–Kier alpha value is -2.65. The first-order valence-electron chi connectivity index (χ1n) is 13.0. The van der Waals surface area contributed by atoms with Crippen LogP contribution >= 0.6 is 23.4 Å². The van der Waals surface area contributed by atoms with E-state index in [0.29, 0.717) is 53.8 Å². The van der Waals surface area contributed by atoms with Gasteiger partial charge in [-0.1, -0.05) is 23.4 Å². The van der Waals surface area contributed by atoms with E-state index in [1.807, 2.05) is 12.1 Å². The lowest BCUT2D eigenvalue weighted by Crippen LogP contribution is -2.49. The van der Waals surface area contributed by atoms with E-state index in [4.69, 9.17) is 31.6 Å². The highest BCUT2D eigenvalue weighted by Crippen LogP contribution is 2.43. The van der Waals surface area contributed by atoms with Crippen molar-refractivity contribution in [3.8, 4) is 6.07 Å². The van der Waals surface area contributed by atoms with E-state index in [1.165, 1.54) is 11.8 Å². The second-order valence-electron chi connectivity index (χ2n) is 10.2. The maximum absolute atomic E-state index is 12.0. The monoisotopic (exact) mass is 557 g/mol.